The summed E-state index contributed by atoms with van der Waals surface area (Å²) in [5.74, 6) is -0.112. The molecule has 22 heavy (non-hydrogen) atoms. The molecule has 0 saturated heterocycles. The molecule has 0 aromatic heterocycles. The van der Waals surface area contributed by atoms with E-state index in [2.05, 4.69) is 0 Å². The predicted octanol–water partition coefficient (Wildman–Crippen LogP) is 3.29. The Labute approximate surface area is 138 Å². The number of rotatable bonds is 4. The number of amides is 3. The van der Waals surface area contributed by atoms with Gasteiger partial charge in [-0.1, -0.05) is 30.7 Å². The SMILES string of the molecule is CCCN1C(=O)C2SC=CC2=[N+](Cc2cccc(Cl)c2)C1=O. The molecule has 4 nitrogen and oxygen atoms in total. The smallest absolute Gasteiger partial charge is 0.245 e. The summed E-state index contributed by atoms with van der Waals surface area (Å²) >= 11 is 7.47. The average Bonchev–Trinajstić information content (AvgIpc) is 2.98. The summed E-state index contributed by atoms with van der Waals surface area (Å²) < 4.78 is 1.68. The largest absolute Gasteiger partial charge is 0.501 e. The van der Waals surface area contributed by atoms with Crippen molar-refractivity contribution < 1.29 is 14.2 Å². The molecule has 0 aliphatic carbocycles. The van der Waals surface area contributed by atoms with Crippen LogP contribution in [-0.4, -0.2) is 38.9 Å². The highest BCUT2D eigenvalue weighted by molar-refractivity contribution is 8.04. The van der Waals surface area contributed by atoms with Gasteiger partial charge < -0.3 is 0 Å². The van der Waals surface area contributed by atoms with E-state index in [0.717, 1.165) is 17.7 Å². The quantitative estimate of drug-likeness (QED) is 0.793. The normalized spacial score (nSPS) is 20.8. The Bertz CT molecular complexity index is 699. The molecular formula is C16H16ClN2O2S+. The van der Waals surface area contributed by atoms with E-state index in [0.29, 0.717) is 18.1 Å². The van der Waals surface area contributed by atoms with E-state index in [1.54, 1.807) is 10.6 Å². The average molecular weight is 336 g/mol. The molecule has 114 valence electrons. The van der Waals surface area contributed by atoms with Crippen molar-refractivity contribution in [3.05, 3.63) is 46.3 Å². The van der Waals surface area contributed by atoms with Crippen molar-refractivity contribution in [1.82, 2.24) is 4.90 Å². The molecule has 0 spiro atoms. The van der Waals surface area contributed by atoms with Crippen molar-refractivity contribution in [1.29, 1.82) is 0 Å². The Morgan fingerprint density at radius 3 is 2.91 bits per heavy atom. The van der Waals surface area contributed by atoms with Gasteiger partial charge in [-0.25, -0.2) is 4.79 Å². The lowest BCUT2D eigenvalue weighted by Crippen LogP contribution is -2.55. The van der Waals surface area contributed by atoms with Crippen LogP contribution in [0.5, 0.6) is 0 Å². The molecule has 1 unspecified atom stereocenters. The monoisotopic (exact) mass is 335 g/mol. The van der Waals surface area contributed by atoms with Gasteiger partial charge in [0.05, 0.1) is 6.54 Å². The Morgan fingerprint density at radius 2 is 2.18 bits per heavy atom. The first-order valence-corrected chi connectivity index (χ1v) is 8.50. The summed E-state index contributed by atoms with van der Waals surface area (Å²) in [6.07, 6.45) is 2.61. The number of halogens is 1. The molecule has 1 atom stereocenters. The fourth-order valence-corrected chi connectivity index (χ4v) is 3.84. The molecule has 0 fully saturated rings. The lowest BCUT2D eigenvalue weighted by molar-refractivity contribution is -0.454. The number of urea groups is 1. The van der Waals surface area contributed by atoms with Crippen LogP contribution in [0.15, 0.2) is 35.7 Å². The number of allylic oxidation sites excluding steroid dienone is 1. The maximum absolute atomic E-state index is 12.7. The van der Waals surface area contributed by atoms with E-state index >= 15 is 0 Å². The highest BCUT2D eigenvalue weighted by Crippen LogP contribution is 2.28. The molecule has 2 heterocycles. The van der Waals surface area contributed by atoms with Gasteiger partial charge in [0.1, 0.15) is 12.3 Å². The van der Waals surface area contributed by atoms with Crippen molar-refractivity contribution >= 4 is 41.0 Å². The fraction of sp³-hybridized carbons (Fsp3) is 0.312. The maximum atomic E-state index is 12.7. The second-order valence-corrected chi connectivity index (χ2v) is 6.68. The number of imide groups is 1. The third-order valence-corrected chi connectivity index (χ3v) is 4.91. The lowest BCUT2D eigenvalue weighted by atomic mass is 10.1. The van der Waals surface area contributed by atoms with Crippen LogP contribution in [0.4, 0.5) is 4.79 Å². The third kappa shape index (κ3) is 2.71. The molecule has 3 amide bonds. The van der Waals surface area contributed by atoms with Crippen molar-refractivity contribution in [3.63, 3.8) is 0 Å². The molecule has 3 rings (SSSR count). The number of carbonyl (C=O) groups is 2. The van der Waals surface area contributed by atoms with E-state index in [1.807, 2.05) is 36.6 Å². The Morgan fingerprint density at radius 1 is 1.36 bits per heavy atom. The van der Waals surface area contributed by atoms with Gasteiger partial charge in [0, 0.05) is 5.02 Å². The predicted molar refractivity (Wildman–Crippen MR) is 88.3 cm³/mol. The van der Waals surface area contributed by atoms with Crippen LogP contribution in [0.3, 0.4) is 0 Å². The second-order valence-electron chi connectivity index (χ2n) is 5.23. The molecular weight excluding hydrogens is 320 g/mol. The standard InChI is InChI=1S/C16H16ClN2O2S/c1-2-7-18-15(20)14-13(6-8-22-14)19(16(18)21)10-11-4-3-5-12(17)9-11/h3-6,8-9,14H,2,7,10H2,1H3/q+1. The summed E-state index contributed by atoms with van der Waals surface area (Å²) in [4.78, 5) is 26.5. The van der Waals surface area contributed by atoms with Crippen LogP contribution in [0.2, 0.25) is 5.02 Å². The summed E-state index contributed by atoms with van der Waals surface area (Å²) in [5.41, 5.74) is 1.72. The Kier molecular flexibility index (Phi) is 4.36. The summed E-state index contributed by atoms with van der Waals surface area (Å²) in [5, 5.41) is 2.22. The van der Waals surface area contributed by atoms with Gasteiger partial charge in [0.15, 0.2) is 5.25 Å². The zero-order valence-electron chi connectivity index (χ0n) is 12.2. The minimum Gasteiger partial charge on any atom is -0.245 e. The minimum absolute atomic E-state index is 0.112. The Hall–Kier alpha value is -1.59. The van der Waals surface area contributed by atoms with Crippen molar-refractivity contribution in [2.45, 2.75) is 25.1 Å². The molecule has 1 aromatic carbocycles. The van der Waals surface area contributed by atoms with Crippen LogP contribution in [0, 0.1) is 0 Å². The number of nitrogens with zero attached hydrogens (tertiary/aromatic N) is 2. The van der Waals surface area contributed by atoms with Gasteiger partial charge >= 0.3 is 11.9 Å². The van der Waals surface area contributed by atoms with Crippen molar-refractivity contribution in [2.75, 3.05) is 6.54 Å². The van der Waals surface area contributed by atoms with Gasteiger partial charge in [0.25, 0.3) is 0 Å². The van der Waals surface area contributed by atoms with Crippen molar-refractivity contribution in [3.8, 4) is 0 Å². The molecule has 0 bridgehead atoms. The minimum atomic E-state index is -0.302. The van der Waals surface area contributed by atoms with Crippen molar-refractivity contribution in [2.24, 2.45) is 0 Å². The topological polar surface area (TPSA) is 40.4 Å². The van der Waals surface area contributed by atoms with E-state index in [1.165, 1.54) is 16.7 Å². The zero-order chi connectivity index (χ0) is 15.7. The first-order valence-electron chi connectivity index (χ1n) is 7.18. The lowest BCUT2D eigenvalue weighted by Gasteiger charge is -2.24. The summed E-state index contributed by atoms with van der Waals surface area (Å²) in [7, 11) is 0. The highest BCUT2D eigenvalue weighted by atomic mass is 35.5. The molecule has 1 aromatic rings. The van der Waals surface area contributed by atoms with Gasteiger partial charge in [-0.2, -0.15) is 14.3 Å². The number of fused-ring (bicyclic) bond motifs is 1. The molecule has 6 heteroatoms. The fourth-order valence-electron chi connectivity index (χ4n) is 2.66. The van der Waals surface area contributed by atoms with Gasteiger partial charge in [0.2, 0.25) is 0 Å². The Balaban J connectivity index is 1.99. The highest BCUT2D eigenvalue weighted by Gasteiger charge is 2.48. The first kappa shape index (κ1) is 15.3. The summed E-state index contributed by atoms with van der Waals surface area (Å²) in [6.45, 7) is 2.83. The van der Waals surface area contributed by atoms with E-state index < -0.39 is 0 Å². The third-order valence-electron chi connectivity index (χ3n) is 3.66. The number of carbonyl (C=O) groups excluding carboxylic acids is 2. The van der Waals surface area contributed by atoms with Gasteiger partial charge in [-0.15, -0.1) is 11.8 Å². The van der Waals surface area contributed by atoms with Crippen LogP contribution in [0.1, 0.15) is 18.9 Å². The zero-order valence-corrected chi connectivity index (χ0v) is 13.7. The summed E-state index contributed by atoms with van der Waals surface area (Å²) in [6, 6.07) is 7.20. The van der Waals surface area contributed by atoms with Gasteiger partial charge in [-0.05, 0) is 35.6 Å². The molecule has 0 N–H and O–H groups in total. The number of hydrogen-bond acceptors (Lipinski definition) is 3. The molecule has 0 saturated carbocycles. The molecule has 2 aliphatic rings. The van der Waals surface area contributed by atoms with Gasteiger partial charge in [-0.3, -0.25) is 0 Å². The van der Waals surface area contributed by atoms with E-state index in [9.17, 15) is 9.59 Å². The second kappa shape index (κ2) is 6.26. The van der Waals surface area contributed by atoms with E-state index in [4.69, 9.17) is 11.6 Å². The first-order chi connectivity index (χ1) is 10.6. The maximum Gasteiger partial charge on any atom is 0.501 e. The molecule has 0 radical (unpaired) electrons. The van der Waals surface area contributed by atoms with Crippen LogP contribution in [-0.2, 0) is 11.3 Å². The number of benzene rings is 1. The number of hydrogen-bond donors (Lipinski definition) is 0. The van der Waals surface area contributed by atoms with E-state index in [-0.39, 0.29) is 17.2 Å². The van der Waals surface area contributed by atoms with Crippen LogP contribution >= 0.6 is 23.4 Å². The van der Waals surface area contributed by atoms with Crippen LogP contribution in [0.25, 0.3) is 0 Å². The number of thioether (sulfide) groups is 1. The molecule has 2 aliphatic heterocycles. The van der Waals surface area contributed by atoms with Crippen LogP contribution < -0.4 is 0 Å².